The van der Waals surface area contributed by atoms with Gasteiger partial charge in [-0.1, -0.05) is 42.5 Å². The Kier molecular flexibility index (Phi) is 10.1. The van der Waals surface area contributed by atoms with Crippen molar-refractivity contribution in [2.45, 2.75) is 103 Å². The van der Waals surface area contributed by atoms with Gasteiger partial charge >= 0.3 is 6.09 Å². The Hall–Kier alpha value is -3.39. The number of benzene rings is 2. The highest BCUT2D eigenvalue weighted by atomic mass is 16.6. The van der Waals surface area contributed by atoms with E-state index >= 15 is 0 Å². The molecule has 2 amide bonds. The van der Waals surface area contributed by atoms with Gasteiger partial charge in [-0.15, -0.1) is 0 Å². The van der Waals surface area contributed by atoms with Crippen molar-refractivity contribution in [3.05, 3.63) is 65.2 Å². The van der Waals surface area contributed by atoms with Crippen LogP contribution in [0.2, 0.25) is 0 Å². The second-order valence-electron chi connectivity index (χ2n) is 13.2. The Bertz CT molecular complexity index is 1410. The first kappa shape index (κ1) is 31.0. The number of aromatic nitrogens is 2. The highest BCUT2D eigenvalue weighted by Gasteiger charge is 2.32. The molecule has 2 aromatic carbocycles. The van der Waals surface area contributed by atoms with Crippen LogP contribution < -0.4 is 5.32 Å². The molecular weight excluding hydrogens is 540 g/mol. The van der Waals surface area contributed by atoms with Gasteiger partial charge in [0.2, 0.25) is 5.91 Å². The lowest BCUT2D eigenvalue weighted by Gasteiger charge is -2.34. The minimum Gasteiger partial charge on any atom is -0.444 e. The van der Waals surface area contributed by atoms with E-state index in [0.717, 1.165) is 68.6 Å². The summed E-state index contributed by atoms with van der Waals surface area (Å²) in [7, 11) is 1.75. The first-order chi connectivity index (χ1) is 20.7. The molecule has 2 atom stereocenters. The van der Waals surface area contributed by atoms with Gasteiger partial charge in [0.1, 0.15) is 11.4 Å². The maximum atomic E-state index is 13.8. The molecule has 0 spiro atoms. The summed E-state index contributed by atoms with van der Waals surface area (Å²) in [5, 5.41) is 5.33. The Morgan fingerprint density at radius 3 is 2.65 bits per heavy atom. The molecule has 43 heavy (non-hydrogen) atoms. The second-order valence-corrected chi connectivity index (χ2v) is 13.2. The molecule has 1 N–H and O–H groups in total. The van der Waals surface area contributed by atoms with Crippen LogP contribution >= 0.6 is 0 Å². The monoisotopic (exact) mass is 588 g/mol. The summed E-state index contributed by atoms with van der Waals surface area (Å²) in [5.41, 5.74) is 3.09. The fourth-order valence-electron chi connectivity index (χ4n) is 6.60. The Morgan fingerprint density at radius 2 is 1.86 bits per heavy atom. The molecule has 1 fully saturated rings. The van der Waals surface area contributed by atoms with Gasteiger partial charge in [-0.3, -0.25) is 4.79 Å². The van der Waals surface area contributed by atoms with Crippen LogP contribution in [0, 0.1) is 0 Å². The van der Waals surface area contributed by atoms with E-state index in [0.29, 0.717) is 13.0 Å². The van der Waals surface area contributed by atoms with Crippen molar-refractivity contribution >= 4 is 22.8 Å². The van der Waals surface area contributed by atoms with Gasteiger partial charge in [0.25, 0.3) is 0 Å². The summed E-state index contributed by atoms with van der Waals surface area (Å²) in [6.45, 7) is 8.57. The van der Waals surface area contributed by atoms with Crippen LogP contribution in [0.3, 0.4) is 0 Å². The first-order valence-electron chi connectivity index (χ1n) is 16.0. The number of carbonyl (C=O) groups excluding carboxylic acids is 2. The van der Waals surface area contributed by atoms with E-state index in [-0.39, 0.29) is 24.3 Å². The van der Waals surface area contributed by atoms with Gasteiger partial charge in [-0.25, -0.2) is 9.78 Å². The summed E-state index contributed by atoms with van der Waals surface area (Å²) < 4.78 is 13.4. The zero-order valence-corrected chi connectivity index (χ0v) is 26.4. The molecule has 2 unspecified atom stereocenters. The number of nitrogens with one attached hydrogen (secondary N) is 1. The summed E-state index contributed by atoms with van der Waals surface area (Å²) in [4.78, 5) is 33.8. The van der Waals surface area contributed by atoms with Crippen LogP contribution in [0.25, 0.3) is 10.8 Å². The van der Waals surface area contributed by atoms with Crippen molar-refractivity contribution in [1.29, 1.82) is 0 Å². The quantitative estimate of drug-likeness (QED) is 0.286. The predicted octanol–water partition coefficient (Wildman–Crippen LogP) is 6.18. The molecule has 2 aliphatic rings. The number of hydrogen-bond donors (Lipinski definition) is 1. The topological polar surface area (TPSA) is 85.7 Å². The molecule has 8 nitrogen and oxygen atoms in total. The number of nitrogens with zero attached hydrogens (tertiary/aromatic N) is 3. The standard InChI is InChI=1S/C35H48N4O4/c1-35(2,3)43-34(41)36-29(22-25-16-17-26-11-5-6-12-27(26)21-25)23-32(40)38-18-9-13-28(24-38)33-37-30-14-7-8-15-31(30)39(33)19-10-20-42-4/h5-6,11-12,16-17,21,28-29H,7-10,13-15,18-20,22-24H2,1-4H3,(H,36,41). The summed E-state index contributed by atoms with van der Waals surface area (Å²) >= 11 is 0. The van der Waals surface area contributed by atoms with Crippen LogP contribution in [0.15, 0.2) is 42.5 Å². The molecule has 8 heteroatoms. The maximum absolute atomic E-state index is 13.8. The predicted molar refractivity (Wildman–Crippen MR) is 169 cm³/mol. The number of carbonyl (C=O) groups is 2. The molecule has 1 saturated heterocycles. The molecule has 1 aromatic heterocycles. The van der Waals surface area contributed by atoms with E-state index < -0.39 is 11.7 Å². The van der Waals surface area contributed by atoms with Crippen molar-refractivity contribution < 1.29 is 19.1 Å². The molecular formula is C35H48N4O4. The van der Waals surface area contributed by atoms with E-state index in [1.165, 1.54) is 29.6 Å². The van der Waals surface area contributed by atoms with Crippen LogP contribution in [0.1, 0.15) is 88.0 Å². The highest BCUT2D eigenvalue weighted by molar-refractivity contribution is 5.83. The van der Waals surface area contributed by atoms with Gasteiger partial charge in [0, 0.05) is 57.4 Å². The average molecular weight is 589 g/mol. The van der Waals surface area contributed by atoms with Crippen LogP contribution in [-0.4, -0.2) is 64.9 Å². The van der Waals surface area contributed by atoms with Crippen LogP contribution in [-0.2, 0) is 40.1 Å². The first-order valence-corrected chi connectivity index (χ1v) is 16.0. The smallest absolute Gasteiger partial charge is 0.407 e. The highest BCUT2D eigenvalue weighted by Crippen LogP contribution is 2.32. The summed E-state index contributed by atoms with van der Waals surface area (Å²) in [6, 6.07) is 14.2. The van der Waals surface area contributed by atoms with Crippen molar-refractivity contribution in [1.82, 2.24) is 19.8 Å². The number of likely N-dealkylation sites (tertiary alicyclic amines) is 1. The number of rotatable bonds is 10. The molecule has 1 aliphatic heterocycles. The molecule has 5 rings (SSSR count). The van der Waals surface area contributed by atoms with Gasteiger partial charge in [0.15, 0.2) is 0 Å². The zero-order valence-electron chi connectivity index (χ0n) is 26.4. The number of fused-ring (bicyclic) bond motifs is 2. The Morgan fingerprint density at radius 1 is 1.07 bits per heavy atom. The number of aryl methyl sites for hydroxylation is 1. The fraction of sp³-hybridized carbons (Fsp3) is 0.571. The number of imidazole rings is 1. The third kappa shape index (κ3) is 8.17. The number of alkyl carbamates (subject to hydrolysis) is 1. The lowest BCUT2D eigenvalue weighted by molar-refractivity contribution is -0.133. The number of amides is 2. The van der Waals surface area contributed by atoms with Crippen molar-refractivity contribution in [3.8, 4) is 0 Å². The molecule has 0 radical (unpaired) electrons. The normalized spacial score (nSPS) is 17.9. The zero-order chi connectivity index (χ0) is 30.4. The maximum Gasteiger partial charge on any atom is 0.407 e. The van der Waals surface area contributed by atoms with Gasteiger partial charge in [0.05, 0.1) is 5.69 Å². The van der Waals surface area contributed by atoms with Crippen LogP contribution in [0.4, 0.5) is 4.79 Å². The third-order valence-corrected chi connectivity index (χ3v) is 8.57. The largest absolute Gasteiger partial charge is 0.444 e. The fourth-order valence-corrected chi connectivity index (χ4v) is 6.60. The third-order valence-electron chi connectivity index (χ3n) is 8.57. The Balaban J connectivity index is 1.31. The van der Waals surface area contributed by atoms with E-state index in [1.54, 1.807) is 7.11 Å². The van der Waals surface area contributed by atoms with E-state index in [1.807, 2.05) is 37.8 Å². The minimum atomic E-state index is -0.619. The van der Waals surface area contributed by atoms with Gasteiger partial charge in [-0.2, -0.15) is 0 Å². The van der Waals surface area contributed by atoms with E-state index in [4.69, 9.17) is 14.5 Å². The van der Waals surface area contributed by atoms with Crippen molar-refractivity contribution in [2.75, 3.05) is 26.8 Å². The van der Waals surface area contributed by atoms with Gasteiger partial charge < -0.3 is 24.3 Å². The van der Waals surface area contributed by atoms with Crippen molar-refractivity contribution in [3.63, 3.8) is 0 Å². The number of ether oxygens (including phenoxy) is 2. The summed E-state index contributed by atoms with van der Waals surface area (Å²) in [5.74, 6) is 1.41. The number of piperidine rings is 1. The number of methoxy groups -OCH3 is 1. The average Bonchev–Trinajstić information content (AvgIpc) is 3.35. The summed E-state index contributed by atoms with van der Waals surface area (Å²) in [6.07, 6.45) is 7.73. The molecule has 0 saturated carbocycles. The molecule has 2 heterocycles. The van der Waals surface area contributed by atoms with E-state index in [9.17, 15) is 9.59 Å². The van der Waals surface area contributed by atoms with Crippen LogP contribution in [0.5, 0.6) is 0 Å². The molecule has 232 valence electrons. The number of hydrogen-bond acceptors (Lipinski definition) is 5. The molecule has 3 aromatic rings. The second kappa shape index (κ2) is 13.9. The van der Waals surface area contributed by atoms with Crippen molar-refractivity contribution in [2.24, 2.45) is 0 Å². The lowest BCUT2D eigenvalue weighted by atomic mass is 9.95. The van der Waals surface area contributed by atoms with Gasteiger partial charge in [-0.05, 0) is 88.5 Å². The minimum absolute atomic E-state index is 0.0637. The lowest BCUT2D eigenvalue weighted by Crippen LogP contribution is -2.46. The Labute approximate surface area is 256 Å². The molecule has 0 bridgehead atoms. The molecule has 1 aliphatic carbocycles. The van der Waals surface area contributed by atoms with E-state index in [2.05, 4.69) is 40.2 Å². The SMILES string of the molecule is COCCCn1c(C2CCCN(C(=O)CC(Cc3ccc4ccccc4c3)NC(=O)OC(C)(C)C)C2)nc2c1CCCC2.